The maximum atomic E-state index is 5.93. The van der Waals surface area contributed by atoms with E-state index in [1.54, 1.807) is 7.11 Å². The van der Waals surface area contributed by atoms with Crippen molar-refractivity contribution < 1.29 is 9.47 Å². The standard InChI is InChI=1S/C17H20BrNO2/c1-3-19-11-13-7-8-17(16(18)10-13)21-15-6-4-5-14(9-15)12-20-2/h4-10,19H,3,11-12H2,1-2H3. The van der Waals surface area contributed by atoms with Crippen LogP contribution in [0.5, 0.6) is 11.5 Å². The topological polar surface area (TPSA) is 30.5 Å². The van der Waals surface area contributed by atoms with E-state index in [0.717, 1.165) is 34.6 Å². The third-order valence-electron chi connectivity index (χ3n) is 3.01. The lowest BCUT2D eigenvalue weighted by atomic mass is 10.2. The Morgan fingerprint density at radius 1 is 1.10 bits per heavy atom. The fourth-order valence-electron chi connectivity index (χ4n) is 2.00. The Labute approximate surface area is 134 Å². The van der Waals surface area contributed by atoms with Crippen LogP contribution in [0.3, 0.4) is 0 Å². The summed E-state index contributed by atoms with van der Waals surface area (Å²) in [5, 5.41) is 3.31. The highest BCUT2D eigenvalue weighted by molar-refractivity contribution is 9.10. The highest BCUT2D eigenvalue weighted by Gasteiger charge is 2.05. The lowest BCUT2D eigenvalue weighted by Gasteiger charge is -2.11. The van der Waals surface area contributed by atoms with Crippen molar-refractivity contribution in [2.24, 2.45) is 0 Å². The Balaban J connectivity index is 2.10. The number of benzene rings is 2. The Morgan fingerprint density at radius 2 is 1.95 bits per heavy atom. The summed E-state index contributed by atoms with van der Waals surface area (Å²) in [4.78, 5) is 0. The second-order valence-electron chi connectivity index (χ2n) is 4.73. The average molecular weight is 350 g/mol. The first-order chi connectivity index (χ1) is 10.2. The predicted molar refractivity (Wildman–Crippen MR) is 88.8 cm³/mol. The zero-order chi connectivity index (χ0) is 15.1. The molecule has 0 fully saturated rings. The molecule has 2 rings (SSSR count). The van der Waals surface area contributed by atoms with Gasteiger partial charge in [-0.05, 0) is 57.9 Å². The molecule has 4 heteroatoms. The van der Waals surface area contributed by atoms with Gasteiger partial charge in [-0.3, -0.25) is 0 Å². The first-order valence-corrected chi connectivity index (χ1v) is 7.77. The molecule has 0 heterocycles. The van der Waals surface area contributed by atoms with Crippen molar-refractivity contribution in [2.45, 2.75) is 20.1 Å². The maximum absolute atomic E-state index is 5.93. The molecule has 0 unspecified atom stereocenters. The second-order valence-corrected chi connectivity index (χ2v) is 5.58. The summed E-state index contributed by atoms with van der Waals surface area (Å²) < 4.78 is 12.0. The molecular formula is C17H20BrNO2. The van der Waals surface area contributed by atoms with Crippen LogP contribution in [-0.2, 0) is 17.9 Å². The Bertz CT molecular complexity index is 587. The van der Waals surface area contributed by atoms with Crippen molar-refractivity contribution in [3.63, 3.8) is 0 Å². The Morgan fingerprint density at radius 3 is 2.67 bits per heavy atom. The van der Waals surface area contributed by atoms with E-state index in [0.29, 0.717) is 6.61 Å². The molecule has 21 heavy (non-hydrogen) atoms. The summed E-state index contributed by atoms with van der Waals surface area (Å²) >= 11 is 3.57. The van der Waals surface area contributed by atoms with E-state index in [-0.39, 0.29) is 0 Å². The fourth-order valence-corrected chi connectivity index (χ4v) is 2.51. The molecule has 0 bridgehead atoms. The van der Waals surface area contributed by atoms with Crippen LogP contribution in [0.1, 0.15) is 18.1 Å². The summed E-state index contributed by atoms with van der Waals surface area (Å²) in [5.41, 5.74) is 2.32. The molecule has 0 aliphatic carbocycles. The normalized spacial score (nSPS) is 10.6. The maximum Gasteiger partial charge on any atom is 0.141 e. The summed E-state index contributed by atoms with van der Waals surface area (Å²) in [6.07, 6.45) is 0. The van der Waals surface area contributed by atoms with Crippen LogP contribution in [0.4, 0.5) is 0 Å². The van der Waals surface area contributed by atoms with Gasteiger partial charge in [0.25, 0.3) is 0 Å². The minimum Gasteiger partial charge on any atom is -0.456 e. The van der Waals surface area contributed by atoms with Gasteiger partial charge in [-0.15, -0.1) is 0 Å². The van der Waals surface area contributed by atoms with Gasteiger partial charge >= 0.3 is 0 Å². The van der Waals surface area contributed by atoms with Gasteiger partial charge in [-0.1, -0.05) is 25.1 Å². The van der Waals surface area contributed by atoms with E-state index in [9.17, 15) is 0 Å². The average Bonchev–Trinajstić information content (AvgIpc) is 2.48. The minimum atomic E-state index is 0.583. The summed E-state index contributed by atoms with van der Waals surface area (Å²) in [5.74, 6) is 1.62. The molecular weight excluding hydrogens is 330 g/mol. The molecule has 0 amide bonds. The van der Waals surface area contributed by atoms with Gasteiger partial charge in [0.1, 0.15) is 11.5 Å². The lowest BCUT2D eigenvalue weighted by molar-refractivity contribution is 0.184. The first-order valence-electron chi connectivity index (χ1n) is 6.97. The van der Waals surface area contributed by atoms with Crippen LogP contribution in [0.15, 0.2) is 46.9 Å². The van der Waals surface area contributed by atoms with Gasteiger partial charge < -0.3 is 14.8 Å². The molecule has 0 radical (unpaired) electrons. The molecule has 0 saturated carbocycles. The first kappa shape index (κ1) is 16.0. The van der Waals surface area contributed by atoms with Gasteiger partial charge in [0.15, 0.2) is 0 Å². The van der Waals surface area contributed by atoms with E-state index in [1.165, 1.54) is 5.56 Å². The SMILES string of the molecule is CCNCc1ccc(Oc2cccc(COC)c2)c(Br)c1. The zero-order valence-electron chi connectivity index (χ0n) is 12.4. The van der Waals surface area contributed by atoms with Gasteiger partial charge in [-0.2, -0.15) is 0 Å². The molecule has 0 atom stereocenters. The van der Waals surface area contributed by atoms with E-state index < -0.39 is 0 Å². The van der Waals surface area contributed by atoms with Crippen molar-refractivity contribution in [2.75, 3.05) is 13.7 Å². The van der Waals surface area contributed by atoms with Crippen molar-refractivity contribution in [3.8, 4) is 11.5 Å². The quantitative estimate of drug-likeness (QED) is 0.798. The predicted octanol–water partition coefficient (Wildman–Crippen LogP) is 4.50. The molecule has 0 aromatic heterocycles. The number of methoxy groups -OCH3 is 1. The Kier molecular flexibility index (Phi) is 6.23. The molecule has 0 aliphatic heterocycles. The number of halogens is 1. The number of nitrogens with one attached hydrogen (secondary N) is 1. The largest absolute Gasteiger partial charge is 0.456 e. The third-order valence-corrected chi connectivity index (χ3v) is 3.63. The van der Waals surface area contributed by atoms with Gasteiger partial charge in [0, 0.05) is 13.7 Å². The number of ether oxygens (including phenoxy) is 2. The van der Waals surface area contributed by atoms with E-state index in [1.807, 2.05) is 30.3 Å². The van der Waals surface area contributed by atoms with Crippen LogP contribution in [-0.4, -0.2) is 13.7 Å². The van der Waals surface area contributed by atoms with Gasteiger partial charge in [0.2, 0.25) is 0 Å². The molecule has 112 valence electrons. The molecule has 2 aromatic carbocycles. The fraction of sp³-hybridized carbons (Fsp3) is 0.294. The summed E-state index contributed by atoms with van der Waals surface area (Å²) in [6.45, 7) is 4.50. The number of hydrogen-bond acceptors (Lipinski definition) is 3. The van der Waals surface area contributed by atoms with Gasteiger partial charge in [-0.25, -0.2) is 0 Å². The molecule has 0 saturated heterocycles. The molecule has 0 spiro atoms. The molecule has 2 aromatic rings. The summed E-state index contributed by atoms with van der Waals surface area (Å²) in [6, 6.07) is 14.1. The van der Waals surface area contributed by atoms with Crippen LogP contribution >= 0.6 is 15.9 Å². The second kappa shape index (κ2) is 8.17. The van der Waals surface area contributed by atoms with Crippen LogP contribution < -0.4 is 10.1 Å². The smallest absolute Gasteiger partial charge is 0.141 e. The van der Waals surface area contributed by atoms with Crippen molar-refractivity contribution >= 4 is 15.9 Å². The monoisotopic (exact) mass is 349 g/mol. The summed E-state index contributed by atoms with van der Waals surface area (Å²) in [7, 11) is 1.69. The van der Waals surface area contributed by atoms with Crippen LogP contribution in [0.25, 0.3) is 0 Å². The zero-order valence-corrected chi connectivity index (χ0v) is 13.9. The number of rotatable bonds is 7. The molecule has 3 nitrogen and oxygen atoms in total. The minimum absolute atomic E-state index is 0.583. The van der Waals surface area contributed by atoms with Crippen LogP contribution in [0.2, 0.25) is 0 Å². The van der Waals surface area contributed by atoms with E-state index >= 15 is 0 Å². The molecule has 1 N–H and O–H groups in total. The number of hydrogen-bond donors (Lipinski definition) is 1. The lowest BCUT2D eigenvalue weighted by Crippen LogP contribution is -2.11. The highest BCUT2D eigenvalue weighted by atomic mass is 79.9. The van der Waals surface area contributed by atoms with Crippen molar-refractivity contribution in [1.29, 1.82) is 0 Å². The van der Waals surface area contributed by atoms with Crippen molar-refractivity contribution in [1.82, 2.24) is 5.32 Å². The molecule has 0 aliphatic rings. The van der Waals surface area contributed by atoms with Gasteiger partial charge in [0.05, 0.1) is 11.1 Å². The van der Waals surface area contributed by atoms with E-state index in [4.69, 9.17) is 9.47 Å². The highest BCUT2D eigenvalue weighted by Crippen LogP contribution is 2.31. The van der Waals surface area contributed by atoms with Crippen molar-refractivity contribution in [3.05, 3.63) is 58.1 Å². The Hall–Kier alpha value is -1.36. The van der Waals surface area contributed by atoms with E-state index in [2.05, 4.69) is 40.3 Å². The van der Waals surface area contributed by atoms with Crippen LogP contribution in [0, 0.1) is 0 Å². The third kappa shape index (κ3) is 4.84.